The number of rotatable bonds is 2. The van der Waals surface area contributed by atoms with E-state index in [-0.39, 0.29) is 25.0 Å². The third-order valence-electron chi connectivity index (χ3n) is 0.291. The van der Waals surface area contributed by atoms with Crippen LogP contribution >= 0.6 is 0 Å². The van der Waals surface area contributed by atoms with Crippen molar-refractivity contribution in [3.05, 3.63) is 0 Å². The molecule has 0 aliphatic heterocycles. The second-order valence-corrected chi connectivity index (χ2v) is 2.80. The molecule has 2 atom stereocenters. The van der Waals surface area contributed by atoms with Gasteiger partial charge in [0, 0.05) is 22.2 Å². The van der Waals surface area contributed by atoms with Gasteiger partial charge in [-0.1, -0.05) is 0 Å². The van der Waals surface area contributed by atoms with Crippen LogP contribution < -0.4 is 0 Å². The first-order chi connectivity index (χ1) is 5.29. The van der Waals surface area contributed by atoms with Crippen molar-refractivity contribution in [2.24, 2.45) is 0 Å². The zero-order valence-electron chi connectivity index (χ0n) is 6.32. The molecule has 0 fully saturated rings. The van der Waals surface area contributed by atoms with Crippen molar-refractivity contribution in [1.29, 1.82) is 0 Å². The summed E-state index contributed by atoms with van der Waals surface area (Å²) in [6.45, 7) is 0. The summed E-state index contributed by atoms with van der Waals surface area (Å²) < 4.78 is 78.0. The molecule has 0 heterocycles. The Kier molecular flexibility index (Phi) is 23.2. The molecule has 0 saturated carbocycles. The van der Waals surface area contributed by atoms with Gasteiger partial charge in [0.2, 0.25) is 0 Å². The molecular weight excluding hydrogens is 310 g/mol. The summed E-state index contributed by atoms with van der Waals surface area (Å²) in [6.07, 6.45) is 0. The van der Waals surface area contributed by atoms with Crippen molar-refractivity contribution in [3.8, 4) is 0 Å². The van der Waals surface area contributed by atoms with E-state index in [9.17, 15) is 17.6 Å². The van der Waals surface area contributed by atoms with Crippen LogP contribution in [0, 0.1) is 0 Å². The Morgan fingerprint density at radius 3 is 0.929 bits per heavy atom. The Labute approximate surface area is 93.9 Å². The van der Waals surface area contributed by atoms with Crippen molar-refractivity contribution in [2.45, 2.75) is 11.5 Å². The smallest absolute Gasteiger partial charge is 0.768 e. The minimum atomic E-state index is -3.23. The van der Waals surface area contributed by atoms with Crippen LogP contribution in [0.2, 0.25) is 0 Å². The summed E-state index contributed by atoms with van der Waals surface area (Å²) in [5.41, 5.74) is 0. The molecule has 14 heavy (non-hydrogen) atoms. The Morgan fingerprint density at radius 1 is 0.857 bits per heavy atom. The van der Waals surface area contributed by atoms with E-state index < -0.39 is 33.7 Å². The third-order valence-corrected chi connectivity index (χ3v) is 0.873. The van der Waals surface area contributed by atoms with Crippen LogP contribution in [0.4, 0.5) is 17.6 Å². The maximum Gasteiger partial charge on any atom is 2.00 e. The average Bonchev–Trinajstić information content (AvgIpc) is 1.88. The van der Waals surface area contributed by atoms with Gasteiger partial charge in [-0.2, -0.15) is 17.6 Å². The average molecular weight is 314 g/mol. The zero-order valence-corrected chi connectivity index (χ0v) is 10.9. The van der Waals surface area contributed by atoms with Gasteiger partial charge in [-0.15, -0.1) is 0 Å². The predicted octanol–water partition coefficient (Wildman–Crippen LogP) is -0.651. The van der Waals surface area contributed by atoms with Crippen molar-refractivity contribution in [1.82, 2.24) is 0 Å². The molecule has 0 aliphatic carbocycles. The van der Waals surface area contributed by atoms with Crippen molar-refractivity contribution >= 4 is 22.2 Å². The van der Waals surface area contributed by atoms with Crippen LogP contribution in [0.5, 0.6) is 0 Å². The largest absolute Gasteiger partial charge is 2.00 e. The maximum absolute atomic E-state index is 10.5. The second kappa shape index (κ2) is 13.5. The molecule has 0 aromatic carbocycles. The molecule has 0 aliphatic rings. The Morgan fingerprint density at radius 2 is 0.929 bits per heavy atom. The minimum Gasteiger partial charge on any atom is -0.768 e. The molecule has 2 N–H and O–H groups in total. The van der Waals surface area contributed by atoms with Gasteiger partial charge in [0.15, 0.2) is 0 Å². The number of hydrogen-bond donors (Lipinski definition) is 0. The molecule has 0 spiro atoms. The summed E-state index contributed by atoms with van der Waals surface area (Å²) in [4.78, 5) is 0. The Hall–Kier alpha value is 0.523. The fourth-order valence-electron chi connectivity index (χ4n) is 0. The van der Waals surface area contributed by atoms with Gasteiger partial charge in [0.05, 0.1) is 0 Å². The van der Waals surface area contributed by atoms with Crippen LogP contribution in [0.15, 0.2) is 0 Å². The molecule has 0 amide bonds. The van der Waals surface area contributed by atoms with Crippen LogP contribution in [-0.4, -0.2) is 34.5 Å². The molecular formula is C2H4F4O5S2Zn. The van der Waals surface area contributed by atoms with Crippen LogP contribution in [0.3, 0.4) is 0 Å². The van der Waals surface area contributed by atoms with E-state index in [0.29, 0.717) is 0 Å². The molecule has 0 aromatic heterocycles. The van der Waals surface area contributed by atoms with Crippen molar-refractivity contribution in [2.75, 3.05) is 0 Å². The van der Waals surface area contributed by atoms with Crippen LogP contribution in [0.1, 0.15) is 0 Å². The minimum absolute atomic E-state index is 0. The van der Waals surface area contributed by atoms with E-state index in [1.807, 2.05) is 0 Å². The van der Waals surface area contributed by atoms with Crippen LogP contribution in [-0.2, 0) is 41.6 Å². The quantitative estimate of drug-likeness (QED) is 0.383. The molecule has 5 nitrogen and oxygen atoms in total. The van der Waals surface area contributed by atoms with Crippen molar-refractivity contribution < 1.29 is 60.0 Å². The number of alkyl halides is 4. The van der Waals surface area contributed by atoms with E-state index in [2.05, 4.69) is 0 Å². The molecule has 0 radical (unpaired) electrons. The number of hydrogen-bond acceptors (Lipinski definition) is 4. The normalized spacial score (nSPS) is 13.1. The third kappa shape index (κ3) is 22.9. The summed E-state index contributed by atoms with van der Waals surface area (Å²) in [6, 6.07) is 0. The van der Waals surface area contributed by atoms with E-state index in [1.54, 1.807) is 0 Å². The molecule has 2 unspecified atom stereocenters. The molecule has 12 heteroatoms. The second-order valence-electron chi connectivity index (χ2n) is 1.04. The Balaban J connectivity index is -0.0000000625. The predicted molar refractivity (Wildman–Crippen MR) is 33.5 cm³/mol. The molecule has 0 saturated heterocycles. The van der Waals surface area contributed by atoms with Crippen molar-refractivity contribution in [3.63, 3.8) is 0 Å². The summed E-state index contributed by atoms with van der Waals surface area (Å²) >= 11 is -6.40. The van der Waals surface area contributed by atoms with Crippen LogP contribution in [0.25, 0.3) is 0 Å². The first-order valence-corrected chi connectivity index (χ1v) is 4.29. The maximum atomic E-state index is 10.5. The first-order valence-electron chi connectivity index (χ1n) is 2.01. The summed E-state index contributed by atoms with van der Waals surface area (Å²) in [5, 5.41) is 0. The van der Waals surface area contributed by atoms with E-state index in [1.165, 1.54) is 0 Å². The molecule has 84 valence electrons. The summed E-state index contributed by atoms with van der Waals surface area (Å²) in [5.74, 6) is -6.46. The molecule has 0 rings (SSSR count). The zero-order chi connectivity index (χ0) is 10.3. The van der Waals surface area contributed by atoms with Gasteiger partial charge in [0.25, 0.3) is 11.5 Å². The summed E-state index contributed by atoms with van der Waals surface area (Å²) in [7, 11) is 0. The number of halogens is 4. The van der Waals surface area contributed by atoms with Gasteiger partial charge in [0.1, 0.15) is 0 Å². The molecule has 0 bridgehead atoms. The molecule has 0 aromatic rings. The van der Waals surface area contributed by atoms with Gasteiger partial charge in [-0.25, -0.2) is 0 Å². The van der Waals surface area contributed by atoms with Gasteiger partial charge in [-0.05, 0) is 0 Å². The Bertz CT molecular complexity index is 150. The monoisotopic (exact) mass is 312 g/mol. The first kappa shape index (κ1) is 24.0. The fraction of sp³-hybridized carbons (Fsp3) is 1.00. The van der Waals surface area contributed by atoms with E-state index in [4.69, 9.17) is 17.5 Å². The van der Waals surface area contributed by atoms with Gasteiger partial charge in [-0.3, -0.25) is 8.42 Å². The topological polar surface area (TPSA) is 112 Å². The SMILES string of the molecule is O.O=S([O-])C(F)F.O=S([O-])C(F)F.[Zn+2]. The van der Waals surface area contributed by atoms with E-state index in [0.717, 1.165) is 0 Å². The van der Waals surface area contributed by atoms with Gasteiger partial charge < -0.3 is 14.6 Å². The fourth-order valence-corrected chi connectivity index (χ4v) is 0. The van der Waals surface area contributed by atoms with E-state index >= 15 is 0 Å². The van der Waals surface area contributed by atoms with Gasteiger partial charge >= 0.3 is 19.5 Å². The standard InChI is InChI=1S/2CH2F2O2S.H2O.Zn/c2*2-1(3)6(4)5;;/h2*1H,(H,4,5);1H2;/q;;;+2/p-2.